The molecule has 0 radical (unpaired) electrons. The van der Waals surface area contributed by atoms with Gasteiger partial charge in [0.25, 0.3) is 0 Å². The molecule has 106 valence electrons. The number of hydrogen-bond acceptors (Lipinski definition) is 3. The van der Waals surface area contributed by atoms with Crippen LogP contribution >= 0.6 is 11.8 Å². The van der Waals surface area contributed by atoms with Gasteiger partial charge in [0.1, 0.15) is 0 Å². The number of hydrogen-bond donors (Lipinski definition) is 2. The van der Waals surface area contributed by atoms with E-state index < -0.39 is 6.04 Å². The van der Waals surface area contributed by atoms with Crippen molar-refractivity contribution in [3.8, 4) is 0 Å². The van der Waals surface area contributed by atoms with Gasteiger partial charge in [-0.25, -0.2) is 0 Å². The van der Waals surface area contributed by atoms with E-state index in [-0.39, 0.29) is 11.3 Å². The van der Waals surface area contributed by atoms with Gasteiger partial charge in [-0.05, 0) is 24.0 Å². The van der Waals surface area contributed by atoms with E-state index in [1.54, 1.807) is 11.8 Å². The lowest BCUT2D eigenvalue weighted by atomic mass is 9.84. The Bertz CT molecular complexity index is 392. The van der Waals surface area contributed by atoms with E-state index in [0.29, 0.717) is 6.54 Å². The summed E-state index contributed by atoms with van der Waals surface area (Å²) in [6, 6.07) is 9.79. The molecule has 0 spiro atoms. The number of rotatable bonds is 7. The van der Waals surface area contributed by atoms with Crippen molar-refractivity contribution < 1.29 is 4.79 Å². The number of benzene rings is 1. The molecule has 0 fully saturated rings. The first-order chi connectivity index (χ1) is 8.97. The molecule has 19 heavy (non-hydrogen) atoms. The topological polar surface area (TPSA) is 55.1 Å². The van der Waals surface area contributed by atoms with Gasteiger partial charge in [0.05, 0.1) is 6.04 Å². The largest absolute Gasteiger partial charge is 0.354 e. The first-order valence-corrected chi connectivity index (χ1v) is 7.94. The van der Waals surface area contributed by atoms with E-state index in [1.807, 2.05) is 24.5 Å². The number of thioether (sulfide) groups is 1. The van der Waals surface area contributed by atoms with Gasteiger partial charge in [0.2, 0.25) is 5.91 Å². The van der Waals surface area contributed by atoms with Crippen molar-refractivity contribution in [2.45, 2.75) is 31.7 Å². The molecule has 1 aromatic carbocycles. The Hall–Kier alpha value is -1.00. The zero-order chi connectivity index (χ0) is 14.3. The van der Waals surface area contributed by atoms with Crippen molar-refractivity contribution in [3.05, 3.63) is 35.9 Å². The van der Waals surface area contributed by atoms with Crippen LogP contribution in [0.25, 0.3) is 0 Å². The van der Waals surface area contributed by atoms with Crippen LogP contribution in [0.3, 0.4) is 0 Å². The predicted octanol–water partition coefficient (Wildman–Crippen LogP) is 2.16. The van der Waals surface area contributed by atoms with Crippen LogP contribution in [0.15, 0.2) is 30.3 Å². The molecule has 1 amide bonds. The summed E-state index contributed by atoms with van der Waals surface area (Å²) in [7, 11) is 0. The SMILES string of the molecule is CSCC[C@H](N)C(=O)NCC(C)(C)c1ccccc1. The number of nitrogens with one attached hydrogen (secondary N) is 1. The molecule has 0 saturated carbocycles. The predicted molar refractivity (Wildman–Crippen MR) is 83.5 cm³/mol. The van der Waals surface area contributed by atoms with E-state index in [9.17, 15) is 4.79 Å². The second-order valence-electron chi connectivity index (χ2n) is 5.36. The Labute approximate surface area is 120 Å². The summed E-state index contributed by atoms with van der Waals surface area (Å²) in [5.41, 5.74) is 6.97. The highest BCUT2D eigenvalue weighted by atomic mass is 32.2. The molecule has 0 heterocycles. The fourth-order valence-electron chi connectivity index (χ4n) is 1.81. The lowest BCUT2D eigenvalue weighted by Gasteiger charge is -2.26. The Kier molecular flexibility index (Phi) is 6.38. The molecule has 1 atom stereocenters. The van der Waals surface area contributed by atoms with Gasteiger partial charge in [-0.2, -0.15) is 11.8 Å². The first kappa shape index (κ1) is 16.1. The van der Waals surface area contributed by atoms with Gasteiger partial charge in [-0.3, -0.25) is 4.79 Å². The third kappa shape index (κ3) is 5.25. The Balaban J connectivity index is 2.49. The van der Waals surface area contributed by atoms with Gasteiger partial charge >= 0.3 is 0 Å². The number of carbonyl (C=O) groups excluding carboxylic acids is 1. The minimum atomic E-state index is -0.404. The van der Waals surface area contributed by atoms with E-state index in [2.05, 4.69) is 31.3 Å². The molecular formula is C15H24N2OS. The van der Waals surface area contributed by atoms with Gasteiger partial charge in [-0.1, -0.05) is 44.2 Å². The lowest BCUT2D eigenvalue weighted by molar-refractivity contribution is -0.122. The van der Waals surface area contributed by atoms with Crippen LogP contribution in [-0.2, 0) is 10.2 Å². The number of nitrogens with two attached hydrogens (primary N) is 1. The molecule has 3 nitrogen and oxygen atoms in total. The third-order valence-electron chi connectivity index (χ3n) is 3.23. The molecule has 0 aromatic heterocycles. The minimum absolute atomic E-state index is 0.0574. The molecule has 1 aromatic rings. The average Bonchev–Trinajstić information content (AvgIpc) is 2.43. The van der Waals surface area contributed by atoms with Crippen molar-refractivity contribution in [2.24, 2.45) is 5.73 Å². The maximum atomic E-state index is 11.9. The Morgan fingerprint density at radius 1 is 1.37 bits per heavy atom. The van der Waals surface area contributed by atoms with Crippen LogP contribution in [0.4, 0.5) is 0 Å². The molecule has 4 heteroatoms. The highest BCUT2D eigenvalue weighted by Crippen LogP contribution is 2.21. The average molecular weight is 280 g/mol. The van der Waals surface area contributed by atoms with Crippen LogP contribution < -0.4 is 11.1 Å². The molecule has 0 bridgehead atoms. The van der Waals surface area contributed by atoms with Crippen molar-refractivity contribution >= 4 is 17.7 Å². The molecule has 0 aliphatic carbocycles. The summed E-state index contributed by atoms with van der Waals surface area (Å²) in [5.74, 6) is 0.856. The second-order valence-corrected chi connectivity index (χ2v) is 6.34. The quantitative estimate of drug-likeness (QED) is 0.805. The summed E-state index contributed by atoms with van der Waals surface area (Å²) in [5, 5.41) is 2.96. The van der Waals surface area contributed by atoms with E-state index in [4.69, 9.17) is 5.73 Å². The Morgan fingerprint density at radius 2 is 2.00 bits per heavy atom. The molecule has 3 N–H and O–H groups in total. The summed E-state index contributed by atoms with van der Waals surface area (Å²) in [6.07, 6.45) is 2.74. The van der Waals surface area contributed by atoms with Crippen LogP contribution in [0.2, 0.25) is 0 Å². The van der Waals surface area contributed by atoms with Crippen LogP contribution in [0.5, 0.6) is 0 Å². The molecule has 0 aliphatic heterocycles. The van der Waals surface area contributed by atoms with Crippen LogP contribution in [0.1, 0.15) is 25.8 Å². The van der Waals surface area contributed by atoms with Gasteiger partial charge < -0.3 is 11.1 Å². The summed E-state index contributed by atoms with van der Waals surface area (Å²) >= 11 is 1.71. The zero-order valence-corrected chi connectivity index (χ0v) is 12.8. The fraction of sp³-hybridized carbons (Fsp3) is 0.533. The Morgan fingerprint density at radius 3 is 2.58 bits per heavy atom. The summed E-state index contributed by atoms with van der Waals surface area (Å²) in [6.45, 7) is 4.84. The van der Waals surface area contributed by atoms with E-state index >= 15 is 0 Å². The van der Waals surface area contributed by atoms with Crippen molar-refractivity contribution in [1.29, 1.82) is 0 Å². The number of carbonyl (C=O) groups is 1. The van der Waals surface area contributed by atoms with Crippen molar-refractivity contribution in [3.63, 3.8) is 0 Å². The van der Waals surface area contributed by atoms with Gasteiger partial charge in [0, 0.05) is 12.0 Å². The van der Waals surface area contributed by atoms with E-state index in [0.717, 1.165) is 12.2 Å². The lowest BCUT2D eigenvalue weighted by Crippen LogP contribution is -2.45. The highest BCUT2D eigenvalue weighted by Gasteiger charge is 2.22. The summed E-state index contributed by atoms with van der Waals surface area (Å²) in [4.78, 5) is 11.9. The zero-order valence-electron chi connectivity index (χ0n) is 12.0. The molecular weight excluding hydrogens is 256 g/mol. The summed E-state index contributed by atoms with van der Waals surface area (Å²) < 4.78 is 0. The molecule has 0 saturated heterocycles. The monoisotopic (exact) mass is 280 g/mol. The number of amides is 1. The van der Waals surface area contributed by atoms with Gasteiger partial charge in [-0.15, -0.1) is 0 Å². The normalized spacial score (nSPS) is 13.1. The maximum absolute atomic E-state index is 11.9. The van der Waals surface area contributed by atoms with Crippen molar-refractivity contribution in [2.75, 3.05) is 18.6 Å². The molecule has 0 unspecified atom stereocenters. The third-order valence-corrected chi connectivity index (χ3v) is 3.87. The fourth-order valence-corrected chi connectivity index (χ4v) is 2.30. The molecule has 1 rings (SSSR count). The van der Waals surface area contributed by atoms with E-state index in [1.165, 1.54) is 5.56 Å². The van der Waals surface area contributed by atoms with Crippen LogP contribution in [0, 0.1) is 0 Å². The van der Waals surface area contributed by atoms with Gasteiger partial charge in [0.15, 0.2) is 0 Å². The smallest absolute Gasteiger partial charge is 0.236 e. The first-order valence-electron chi connectivity index (χ1n) is 6.55. The second kappa shape index (κ2) is 7.56. The minimum Gasteiger partial charge on any atom is -0.354 e. The van der Waals surface area contributed by atoms with Crippen LogP contribution in [-0.4, -0.2) is 30.5 Å². The van der Waals surface area contributed by atoms with Crippen molar-refractivity contribution in [1.82, 2.24) is 5.32 Å². The maximum Gasteiger partial charge on any atom is 0.236 e. The highest BCUT2D eigenvalue weighted by molar-refractivity contribution is 7.98. The standard InChI is InChI=1S/C15H24N2OS/c1-15(2,12-7-5-4-6-8-12)11-17-14(18)13(16)9-10-19-3/h4-8,13H,9-11,16H2,1-3H3,(H,17,18)/t13-/m0/s1. The molecule has 0 aliphatic rings.